The quantitative estimate of drug-likeness (QED) is 0.449. The van der Waals surface area contributed by atoms with Crippen LogP contribution in [-0.4, -0.2) is 21.5 Å². The Morgan fingerprint density at radius 2 is 1.97 bits per heavy atom. The van der Waals surface area contributed by atoms with Crippen LogP contribution >= 0.6 is 11.3 Å². The van der Waals surface area contributed by atoms with Gasteiger partial charge in [0, 0.05) is 29.2 Å². The lowest BCUT2D eigenvalue weighted by Gasteiger charge is -2.24. The summed E-state index contributed by atoms with van der Waals surface area (Å²) in [6.45, 7) is 7.20. The molecule has 0 bridgehead atoms. The first-order chi connectivity index (χ1) is 15.1. The summed E-state index contributed by atoms with van der Waals surface area (Å²) in [7, 11) is 0. The molecule has 1 N–H and O–H groups in total. The van der Waals surface area contributed by atoms with Gasteiger partial charge in [-0.15, -0.1) is 11.3 Å². The molecule has 0 spiro atoms. The van der Waals surface area contributed by atoms with Gasteiger partial charge in [0.1, 0.15) is 5.01 Å². The third kappa shape index (κ3) is 4.93. The minimum absolute atomic E-state index is 0.0222. The maximum atomic E-state index is 13.0. The minimum atomic E-state index is 0.0222. The van der Waals surface area contributed by atoms with Crippen molar-refractivity contribution in [2.75, 3.05) is 0 Å². The highest BCUT2D eigenvalue weighted by atomic mass is 32.1. The first-order valence-corrected chi connectivity index (χ1v) is 12.5. The second-order valence-corrected chi connectivity index (χ2v) is 9.69. The standard InChI is InChI=1S/C26H33N3OS/c1-4-18(2)27-25(30)22-15-24(29(19(22)3)16-20-11-7-5-8-12-20)23-17-31-26(28-23)21-13-9-6-10-14-21/h6,9-10,13-15,17-18,20H,4-5,7-8,11-12,16H2,1-3H3,(H,27,30). The third-order valence-corrected chi connectivity index (χ3v) is 7.45. The maximum Gasteiger partial charge on any atom is 0.253 e. The summed E-state index contributed by atoms with van der Waals surface area (Å²) in [6, 6.07) is 12.5. The van der Waals surface area contributed by atoms with Crippen molar-refractivity contribution in [3.05, 3.63) is 53.0 Å². The Labute approximate surface area is 189 Å². The second kappa shape index (κ2) is 9.82. The van der Waals surface area contributed by atoms with Gasteiger partial charge < -0.3 is 9.88 Å². The Morgan fingerprint density at radius 3 is 2.68 bits per heavy atom. The van der Waals surface area contributed by atoms with E-state index in [0.717, 1.165) is 46.2 Å². The van der Waals surface area contributed by atoms with Gasteiger partial charge in [0.05, 0.1) is 17.0 Å². The summed E-state index contributed by atoms with van der Waals surface area (Å²) in [4.78, 5) is 18.0. The number of carbonyl (C=O) groups is 1. The number of hydrogen-bond acceptors (Lipinski definition) is 3. The van der Waals surface area contributed by atoms with Gasteiger partial charge in [0.25, 0.3) is 5.91 Å². The lowest BCUT2D eigenvalue weighted by Crippen LogP contribution is -2.32. The Hall–Kier alpha value is -2.40. The van der Waals surface area contributed by atoms with Crippen molar-refractivity contribution in [3.8, 4) is 22.0 Å². The van der Waals surface area contributed by atoms with Gasteiger partial charge in [-0.3, -0.25) is 4.79 Å². The molecule has 1 unspecified atom stereocenters. The number of thiazole rings is 1. The zero-order valence-corrected chi connectivity index (χ0v) is 19.7. The van der Waals surface area contributed by atoms with E-state index in [0.29, 0.717) is 5.92 Å². The lowest BCUT2D eigenvalue weighted by molar-refractivity contribution is 0.0938. The van der Waals surface area contributed by atoms with Gasteiger partial charge in [0.15, 0.2) is 0 Å². The molecular weight excluding hydrogens is 402 g/mol. The van der Waals surface area contributed by atoms with E-state index < -0.39 is 0 Å². The molecule has 1 aliphatic rings. The van der Waals surface area contributed by atoms with E-state index in [4.69, 9.17) is 4.98 Å². The summed E-state index contributed by atoms with van der Waals surface area (Å²) in [5.41, 5.74) is 4.99. The van der Waals surface area contributed by atoms with E-state index in [1.165, 1.54) is 32.1 Å². The molecular formula is C26H33N3OS. The molecule has 5 heteroatoms. The molecule has 164 valence electrons. The van der Waals surface area contributed by atoms with Crippen molar-refractivity contribution >= 4 is 17.2 Å². The molecule has 1 aromatic carbocycles. The fraction of sp³-hybridized carbons (Fsp3) is 0.462. The highest BCUT2D eigenvalue weighted by Gasteiger charge is 2.23. The molecule has 1 saturated carbocycles. The second-order valence-electron chi connectivity index (χ2n) is 8.83. The van der Waals surface area contributed by atoms with E-state index >= 15 is 0 Å². The van der Waals surface area contributed by atoms with Crippen LogP contribution in [-0.2, 0) is 6.54 Å². The van der Waals surface area contributed by atoms with Gasteiger partial charge in [-0.2, -0.15) is 0 Å². The number of aromatic nitrogens is 2. The van der Waals surface area contributed by atoms with E-state index in [1.807, 2.05) is 18.2 Å². The van der Waals surface area contributed by atoms with E-state index in [2.05, 4.69) is 54.2 Å². The van der Waals surface area contributed by atoms with Crippen LogP contribution in [0.25, 0.3) is 22.0 Å². The molecule has 4 rings (SSSR count). The molecule has 0 aliphatic heterocycles. The highest BCUT2D eigenvalue weighted by Crippen LogP contribution is 2.34. The fourth-order valence-corrected chi connectivity index (χ4v) is 5.28. The number of amides is 1. The van der Waals surface area contributed by atoms with Crippen molar-refractivity contribution in [2.24, 2.45) is 5.92 Å². The molecule has 0 saturated heterocycles. The summed E-state index contributed by atoms with van der Waals surface area (Å²) < 4.78 is 2.35. The van der Waals surface area contributed by atoms with Crippen LogP contribution in [0, 0.1) is 12.8 Å². The molecule has 1 aliphatic carbocycles. The van der Waals surface area contributed by atoms with Crippen molar-refractivity contribution in [1.82, 2.24) is 14.9 Å². The first kappa shape index (κ1) is 21.8. The fourth-order valence-electron chi connectivity index (χ4n) is 4.46. The molecule has 1 amide bonds. The van der Waals surface area contributed by atoms with E-state index in [1.54, 1.807) is 11.3 Å². The number of hydrogen-bond donors (Lipinski definition) is 1. The zero-order valence-electron chi connectivity index (χ0n) is 18.9. The largest absolute Gasteiger partial charge is 0.350 e. The van der Waals surface area contributed by atoms with Gasteiger partial charge in [0.2, 0.25) is 0 Å². The Bertz CT molecular complexity index is 1010. The van der Waals surface area contributed by atoms with Gasteiger partial charge >= 0.3 is 0 Å². The SMILES string of the molecule is CCC(C)NC(=O)c1cc(-c2csc(-c3ccccc3)n2)n(CC2CCCCC2)c1C. The smallest absolute Gasteiger partial charge is 0.253 e. The molecule has 2 heterocycles. The molecule has 1 atom stereocenters. The van der Waals surface area contributed by atoms with Crippen LogP contribution in [0.4, 0.5) is 0 Å². The Kier molecular flexibility index (Phi) is 6.91. The van der Waals surface area contributed by atoms with Crippen LogP contribution in [0.15, 0.2) is 41.8 Å². The maximum absolute atomic E-state index is 13.0. The average Bonchev–Trinajstić information content (AvgIpc) is 3.40. The predicted octanol–water partition coefficient (Wildman–Crippen LogP) is 6.70. The molecule has 0 radical (unpaired) electrons. The monoisotopic (exact) mass is 435 g/mol. The van der Waals surface area contributed by atoms with Crippen molar-refractivity contribution in [2.45, 2.75) is 71.9 Å². The van der Waals surface area contributed by atoms with Crippen LogP contribution in [0.2, 0.25) is 0 Å². The topological polar surface area (TPSA) is 46.9 Å². The van der Waals surface area contributed by atoms with Gasteiger partial charge in [-0.05, 0) is 45.1 Å². The number of rotatable bonds is 7. The number of nitrogens with zero attached hydrogens (tertiary/aromatic N) is 2. The molecule has 4 nitrogen and oxygen atoms in total. The summed E-state index contributed by atoms with van der Waals surface area (Å²) >= 11 is 1.67. The van der Waals surface area contributed by atoms with Crippen molar-refractivity contribution in [1.29, 1.82) is 0 Å². The lowest BCUT2D eigenvalue weighted by atomic mass is 9.89. The zero-order chi connectivity index (χ0) is 21.8. The number of benzene rings is 1. The van der Waals surface area contributed by atoms with Crippen LogP contribution in [0.5, 0.6) is 0 Å². The number of carbonyl (C=O) groups excluding carboxylic acids is 1. The minimum Gasteiger partial charge on any atom is -0.350 e. The Morgan fingerprint density at radius 1 is 1.23 bits per heavy atom. The van der Waals surface area contributed by atoms with Gasteiger partial charge in [-0.25, -0.2) is 4.98 Å². The highest BCUT2D eigenvalue weighted by molar-refractivity contribution is 7.13. The number of nitrogens with one attached hydrogen (secondary N) is 1. The predicted molar refractivity (Wildman–Crippen MR) is 130 cm³/mol. The van der Waals surface area contributed by atoms with E-state index in [9.17, 15) is 4.79 Å². The average molecular weight is 436 g/mol. The Balaban J connectivity index is 1.70. The molecule has 31 heavy (non-hydrogen) atoms. The summed E-state index contributed by atoms with van der Waals surface area (Å²) in [5, 5.41) is 6.29. The van der Waals surface area contributed by atoms with Crippen molar-refractivity contribution in [3.63, 3.8) is 0 Å². The first-order valence-electron chi connectivity index (χ1n) is 11.6. The van der Waals surface area contributed by atoms with Crippen molar-refractivity contribution < 1.29 is 4.79 Å². The van der Waals surface area contributed by atoms with Gasteiger partial charge in [-0.1, -0.05) is 56.5 Å². The molecule has 1 fully saturated rings. The van der Waals surface area contributed by atoms with Crippen LogP contribution in [0.3, 0.4) is 0 Å². The van der Waals surface area contributed by atoms with Crippen LogP contribution < -0.4 is 5.32 Å². The summed E-state index contributed by atoms with van der Waals surface area (Å²) in [5.74, 6) is 0.699. The van der Waals surface area contributed by atoms with E-state index in [-0.39, 0.29) is 11.9 Å². The molecule has 3 aromatic rings. The normalized spacial score (nSPS) is 15.7. The van der Waals surface area contributed by atoms with Crippen LogP contribution in [0.1, 0.15) is 68.4 Å². The summed E-state index contributed by atoms with van der Waals surface area (Å²) in [6.07, 6.45) is 7.46. The third-order valence-electron chi connectivity index (χ3n) is 6.55. The molecule has 2 aromatic heterocycles.